The largest absolute Gasteiger partial charge is 0.466 e. The van der Waals surface area contributed by atoms with E-state index in [0.29, 0.717) is 6.61 Å². The molecule has 0 aliphatic carbocycles. The molecule has 1 atom stereocenters. The summed E-state index contributed by atoms with van der Waals surface area (Å²) in [5.74, 6) is 0. The number of aliphatic imine (C=N–C) groups is 1. The lowest BCUT2D eigenvalue weighted by Crippen LogP contribution is -1.99. The maximum atomic E-state index is 9.16. The quantitative estimate of drug-likeness (QED) is 0.791. The van der Waals surface area contributed by atoms with Crippen LogP contribution in [0.4, 0.5) is 0 Å². The van der Waals surface area contributed by atoms with E-state index in [-0.39, 0.29) is 12.1 Å². The standard InChI is InChI=1S/C13H11NO2/c15-13-14-12(8-16-13)11-7-3-5-9-4-1-2-6-10(9)11/h1-7,12H,8H2,(H,14,15). The van der Waals surface area contributed by atoms with Crippen molar-refractivity contribution in [1.82, 2.24) is 0 Å². The molecule has 1 unspecified atom stereocenters. The number of benzene rings is 2. The van der Waals surface area contributed by atoms with Crippen molar-refractivity contribution < 1.29 is 9.84 Å². The fourth-order valence-electron chi connectivity index (χ4n) is 2.06. The van der Waals surface area contributed by atoms with Gasteiger partial charge in [0.1, 0.15) is 12.6 Å². The van der Waals surface area contributed by atoms with Crippen LogP contribution in [-0.4, -0.2) is 17.8 Å². The molecule has 2 aromatic rings. The number of fused-ring (bicyclic) bond motifs is 1. The van der Waals surface area contributed by atoms with Gasteiger partial charge >= 0.3 is 6.08 Å². The first-order valence-electron chi connectivity index (χ1n) is 5.22. The normalized spacial score (nSPS) is 19.5. The first kappa shape index (κ1) is 9.21. The average molecular weight is 213 g/mol. The van der Waals surface area contributed by atoms with Crippen LogP contribution in [0.1, 0.15) is 11.6 Å². The van der Waals surface area contributed by atoms with Gasteiger partial charge in [-0.05, 0) is 16.3 Å². The molecule has 0 aromatic heterocycles. The van der Waals surface area contributed by atoms with Gasteiger partial charge in [0.2, 0.25) is 0 Å². The van der Waals surface area contributed by atoms with Crippen LogP contribution in [0.5, 0.6) is 0 Å². The Kier molecular flexibility index (Phi) is 2.03. The molecule has 3 heteroatoms. The Balaban J connectivity index is 2.17. The molecule has 0 bridgehead atoms. The Labute approximate surface area is 93.0 Å². The first-order chi connectivity index (χ1) is 7.84. The molecule has 0 fully saturated rings. The second kappa shape index (κ2) is 3.52. The van der Waals surface area contributed by atoms with Gasteiger partial charge in [-0.2, -0.15) is 0 Å². The van der Waals surface area contributed by atoms with Crippen LogP contribution in [0.25, 0.3) is 10.8 Å². The van der Waals surface area contributed by atoms with Gasteiger partial charge in [0, 0.05) is 0 Å². The molecule has 80 valence electrons. The van der Waals surface area contributed by atoms with Crippen LogP contribution < -0.4 is 0 Å². The molecule has 3 rings (SSSR count). The Morgan fingerprint density at radius 3 is 2.75 bits per heavy atom. The molecule has 0 saturated heterocycles. The third kappa shape index (κ3) is 1.41. The molecule has 3 nitrogen and oxygen atoms in total. The summed E-state index contributed by atoms with van der Waals surface area (Å²) in [6, 6.07) is 14.2. The van der Waals surface area contributed by atoms with Crippen molar-refractivity contribution in [2.45, 2.75) is 6.04 Å². The Morgan fingerprint density at radius 1 is 1.12 bits per heavy atom. The minimum Gasteiger partial charge on any atom is -0.466 e. The third-order valence-electron chi connectivity index (χ3n) is 2.82. The number of rotatable bonds is 1. The van der Waals surface area contributed by atoms with E-state index in [9.17, 15) is 0 Å². The summed E-state index contributed by atoms with van der Waals surface area (Å²) in [4.78, 5) is 4.06. The van der Waals surface area contributed by atoms with Crippen LogP contribution >= 0.6 is 0 Å². The van der Waals surface area contributed by atoms with Gasteiger partial charge in [-0.25, -0.2) is 4.99 Å². The molecule has 0 spiro atoms. The van der Waals surface area contributed by atoms with Gasteiger partial charge in [0.25, 0.3) is 0 Å². The molecule has 16 heavy (non-hydrogen) atoms. The van der Waals surface area contributed by atoms with Gasteiger partial charge in [-0.15, -0.1) is 0 Å². The highest BCUT2D eigenvalue weighted by Gasteiger charge is 2.21. The van der Waals surface area contributed by atoms with Gasteiger partial charge in [0.15, 0.2) is 0 Å². The zero-order chi connectivity index (χ0) is 11.0. The number of hydrogen-bond acceptors (Lipinski definition) is 2. The van der Waals surface area contributed by atoms with E-state index in [2.05, 4.69) is 23.2 Å². The van der Waals surface area contributed by atoms with Gasteiger partial charge < -0.3 is 9.84 Å². The first-order valence-corrected chi connectivity index (χ1v) is 5.22. The fourth-order valence-corrected chi connectivity index (χ4v) is 2.06. The average Bonchev–Trinajstić information content (AvgIpc) is 2.75. The second-order valence-electron chi connectivity index (χ2n) is 3.81. The van der Waals surface area contributed by atoms with E-state index >= 15 is 0 Å². The van der Waals surface area contributed by atoms with Crippen molar-refractivity contribution in [3.8, 4) is 0 Å². The monoisotopic (exact) mass is 213 g/mol. The van der Waals surface area contributed by atoms with Gasteiger partial charge in [-0.1, -0.05) is 42.5 Å². The Bertz CT molecular complexity index is 557. The van der Waals surface area contributed by atoms with Crippen LogP contribution in [0, 0.1) is 0 Å². The van der Waals surface area contributed by atoms with E-state index in [4.69, 9.17) is 9.84 Å². The lowest BCUT2D eigenvalue weighted by Gasteiger charge is -2.08. The highest BCUT2D eigenvalue weighted by molar-refractivity contribution is 5.86. The SMILES string of the molecule is OC1=NC(c2cccc3ccccc23)CO1. The number of nitrogens with zero attached hydrogens (tertiary/aromatic N) is 1. The number of hydrogen-bond donors (Lipinski definition) is 1. The van der Waals surface area contributed by atoms with E-state index in [1.165, 1.54) is 5.39 Å². The number of ether oxygens (including phenoxy) is 1. The van der Waals surface area contributed by atoms with E-state index in [1.54, 1.807) is 0 Å². The predicted molar refractivity (Wildman–Crippen MR) is 62.7 cm³/mol. The van der Waals surface area contributed by atoms with Crippen molar-refractivity contribution in [1.29, 1.82) is 0 Å². The molecule has 0 amide bonds. The van der Waals surface area contributed by atoms with E-state index in [1.807, 2.05) is 24.3 Å². The number of aliphatic hydroxyl groups excluding tert-OH is 1. The smallest absolute Gasteiger partial charge is 0.381 e. The van der Waals surface area contributed by atoms with Crippen molar-refractivity contribution >= 4 is 16.9 Å². The van der Waals surface area contributed by atoms with Gasteiger partial charge in [-0.3, -0.25) is 0 Å². The maximum absolute atomic E-state index is 9.16. The zero-order valence-corrected chi connectivity index (χ0v) is 8.63. The molecule has 2 aromatic carbocycles. The molecule has 1 heterocycles. The number of aliphatic hydroxyl groups is 1. The minimum absolute atomic E-state index is 0.0916. The molecule has 1 N–H and O–H groups in total. The zero-order valence-electron chi connectivity index (χ0n) is 8.63. The lowest BCUT2D eigenvalue weighted by atomic mass is 10.00. The highest BCUT2D eigenvalue weighted by atomic mass is 16.6. The predicted octanol–water partition coefficient (Wildman–Crippen LogP) is 2.83. The minimum atomic E-state index is -0.210. The van der Waals surface area contributed by atoms with E-state index < -0.39 is 0 Å². The van der Waals surface area contributed by atoms with Crippen molar-refractivity contribution in [2.75, 3.05) is 6.61 Å². The topological polar surface area (TPSA) is 41.8 Å². The molecule has 0 saturated carbocycles. The van der Waals surface area contributed by atoms with Crippen molar-refractivity contribution in [2.24, 2.45) is 4.99 Å². The summed E-state index contributed by atoms with van der Waals surface area (Å²) in [7, 11) is 0. The summed E-state index contributed by atoms with van der Waals surface area (Å²) in [5, 5.41) is 11.5. The summed E-state index contributed by atoms with van der Waals surface area (Å²) in [5.41, 5.74) is 1.10. The maximum Gasteiger partial charge on any atom is 0.381 e. The summed E-state index contributed by atoms with van der Waals surface area (Å²) < 4.78 is 4.97. The Morgan fingerprint density at radius 2 is 1.94 bits per heavy atom. The summed E-state index contributed by atoms with van der Waals surface area (Å²) in [6.45, 7) is 0.417. The molecule has 1 aliphatic rings. The van der Waals surface area contributed by atoms with Crippen LogP contribution in [0.2, 0.25) is 0 Å². The van der Waals surface area contributed by atoms with Crippen LogP contribution in [-0.2, 0) is 4.74 Å². The fraction of sp³-hybridized carbons (Fsp3) is 0.154. The second-order valence-corrected chi connectivity index (χ2v) is 3.81. The van der Waals surface area contributed by atoms with Crippen LogP contribution in [0.15, 0.2) is 47.5 Å². The van der Waals surface area contributed by atoms with Crippen molar-refractivity contribution in [3.63, 3.8) is 0 Å². The van der Waals surface area contributed by atoms with Gasteiger partial charge in [0.05, 0.1) is 0 Å². The molecule has 1 aliphatic heterocycles. The third-order valence-corrected chi connectivity index (χ3v) is 2.82. The Hall–Kier alpha value is -2.03. The summed E-state index contributed by atoms with van der Waals surface area (Å²) >= 11 is 0. The summed E-state index contributed by atoms with van der Waals surface area (Å²) in [6.07, 6.45) is -0.210. The molecule has 0 radical (unpaired) electrons. The highest BCUT2D eigenvalue weighted by Crippen LogP contribution is 2.29. The van der Waals surface area contributed by atoms with Crippen LogP contribution in [0.3, 0.4) is 0 Å². The molecular formula is C13H11NO2. The van der Waals surface area contributed by atoms with Crippen molar-refractivity contribution in [3.05, 3.63) is 48.0 Å². The lowest BCUT2D eigenvalue weighted by molar-refractivity contribution is 0.252. The van der Waals surface area contributed by atoms with E-state index in [0.717, 1.165) is 10.9 Å². The molecular weight excluding hydrogens is 202 g/mol.